The summed E-state index contributed by atoms with van der Waals surface area (Å²) in [6.45, 7) is 6.18. The molecule has 0 aliphatic rings. The van der Waals surface area contributed by atoms with Crippen LogP contribution in [0.3, 0.4) is 0 Å². The molecule has 1 aromatic rings. The molecule has 0 aliphatic heterocycles. The third kappa shape index (κ3) is 2.98. The van der Waals surface area contributed by atoms with Crippen LogP contribution in [0.5, 0.6) is 0 Å². The highest BCUT2D eigenvalue weighted by molar-refractivity contribution is 9.09. The second-order valence-corrected chi connectivity index (χ2v) is 5.45. The Bertz CT molecular complexity index is 357. The van der Waals surface area contributed by atoms with Crippen molar-refractivity contribution < 1.29 is 4.92 Å². The fraction of sp³-hybridized carbons (Fsp3) is 0.600. The molecule has 1 heterocycles. The molecule has 0 spiro atoms. The van der Waals surface area contributed by atoms with Crippen molar-refractivity contribution >= 4 is 21.6 Å². The van der Waals surface area contributed by atoms with Crippen LogP contribution in [0, 0.1) is 16.0 Å². The van der Waals surface area contributed by atoms with Gasteiger partial charge in [-0.05, 0) is 5.92 Å². The predicted octanol–water partition coefficient (Wildman–Crippen LogP) is 2.91. The largest absolute Gasteiger partial charge is 0.305 e. The molecule has 1 aromatic heterocycles. The summed E-state index contributed by atoms with van der Waals surface area (Å²) in [5.41, 5.74) is -0.0755. The number of halogens is 1. The first-order chi connectivity index (χ1) is 7.43. The van der Waals surface area contributed by atoms with E-state index in [9.17, 15) is 10.1 Å². The van der Waals surface area contributed by atoms with Crippen LogP contribution in [0.4, 0.5) is 5.69 Å². The summed E-state index contributed by atoms with van der Waals surface area (Å²) in [4.78, 5) is 18.3. The molecule has 0 fully saturated rings. The topological polar surface area (TPSA) is 68.9 Å². The van der Waals surface area contributed by atoms with E-state index in [-0.39, 0.29) is 16.4 Å². The van der Waals surface area contributed by atoms with Crippen molar-refractivity contribution in [1.82, 2.24) is 9.97 Å². The molecule has 1 rings (SSSR count). The number of hydrogen-bond acceptors (Lipinski definition) is 4. The first-order valence-electron chi connectivity index (χ1n) is 5.04. The van der Waals surface area contributed by atoms with E-state index in [0.717, 1.165) is 0 Å². The first-order valence-corrected chi connectivity index (χ1v) is 5.95. The molecule has 0 radical (unpaired) electrons. The Kier molecular flexibility index (Phi) is 4.35. The summed E-state index contributed by atoms with van der Waals surface area (Å²) in [6.07, 6.45) is 2.51. The van der Waals surface area contributed by atoms with E-state index in [0.29, 0.717) is 11.7 Å². The highest BCUT2D eigenvalue weighted by Crippen LogP contribution is 2.29. The monoisotopic (exact) mass is 287 g/mol. The van der Waals surface area contributed by atoms with Crippen molar-refractivity contribution in [3.05, 3.63) is 28.3 Å². The second-order valence-electron chi connectivity index (χ2n) is 4.00. The molecule has 0 N–H and O–H groups in total. The second kappa shape index (κ2) is 5.34. The van der Waals surface area contributed by atoms with Crippen molar-refractivity contribution in [2.45, 2.75) is 31.5 Å². The SMILES string of the molecule is CC(C)C(c1ncc([N+](=O)[O-])cn1)C(C)Br. The minimum Gasteiger partial charge on any atom is -0.258 e. The van der Waals surface area contributed by atoms with Gasteiger partial charge in [-0.2, -0.15) is 0 Å². The van der Waals surface area contributed by atoms with Crippen LogP contribution in [0.1, 0.15) is 32.5 Å². The van der Waals surface area contributed by atoms with E-state index in [1.807, 2.05) is 6.92 Å². The van der Waals surface area contributed by atoms with Gasteiger partial charge >= 0.3 is 5.69 Å². The van der Waals surface area contributed by atoms with Crippen molar-refractivity contribution in [2.75, 3.05) is 0 Å². The molecule has 0 amide bonds. The highest BCUT2D eigenvalue weighted by atomic mass is 79.9. The Balaban J connectivity index is 2.99. The Morgan fingerprint density at radius 2 is 1.81 bits per heavy atom. The average Bonchev–Trinajstić information content (AvgIpc) is 2.17. The molecule has 16 heavy (non-hydrogen) atoms. The highest BCUT2D eigenvalue weighted by Gasteiger charge is 2.24. The number of nitrogens with zero attached hydrogens (tertiary/aromatic N) is 3. The van der Waals surface area contributed by atoms with Gasteiger partial charge in [0.15, 0.2) is 0 Å². The fourth-order valence-corrected chi connectivity index (χ4v) is 2.48. The van der Waals surface area contributed by atoms with Crippen LogP contribution in [-0.2, 0) is 0 Å². The summed E-state index contributed by atoms with van der Waals surface area (Å²) in [5, 5.41) is 10.5. The van der Waals surface area contributed by atoms with Crippen LogP contribution in [0.15, 0.2) is 12.4 Å². The van der Waals surface area contributed by atoms with Crippen molar-refractivity contribution in [3.8, 4) is 0 Å². The third-order valence-electron chi connectivity index (χ3n) is 2.38. The third-order valence-corrected chi connectivity index (χ3v) is 2.95. The standard InChI is InChI=1S/C10H14BrN3O2/c1-6(2)9(7(3)11)10-12-4-8(5-13-10)14(15)16/h4-7,9H,1-3H3. The van der Waals surface area contributed by atoms with E-state index in [1.54, 1.807) is 0 Å². The summed E-state index contributed by atoms with van der Waals surface area (Å²) in [6, 6.07) is 0. The van der Waals surface area contributed by atoms with Gasteiger partial charge in [-0.3, -0.25) is 10.1 Å². The van der Waals surface area contributed by atoms with Crippen LogP contribution in [0.2, 0.25) is 0 Å². The van der Waals surface area contributed by atoms with Crippen LogP contribution >= 0.6 is 15.9 Å². The van der Waals surface area contributed by atoms with Gasteiger partial charge in [-0.1, -0.05) is 36.7 Å². The minimum atomic E-state index is -0.494. The molecule has 0 saturated carbocycles. The number of hydrogen-bond donors (Lipinski definition) is 0. The Hall–Kier alpha value is -1.04. The number of aromatic nitrogens is 2. The quantitative estimate of drug-likeness (QED) is 0.485. The molecular weight excluding hydrogens is 274 g/mol. The predicted molar refractivity (Wildman–Crippen MR) is 64.7 cm³/mol. The smallest absolute Gasteiger partial charge is 0.258 e. The molecule has 5 nitrogen and oxygen atoms in total. The van der Waals surface area contributed by atoms with E-state index in [4.69, 9.17) is 0 Å². The fourth-order valence-electron chi connectivity index (χ4n) is 1.63. The Labute approximate surface area is 103 Å². The maximum atomic E-state index is 10.5. The lowest BCUT2D eigenvalue weighted by Gasteiger charge is -2.21. The molecule has 2 unspecified atom stereocenters. The van der Waals surface area contributed by atoms with E-state index in [2.05, 4.69) is 39.7 Å². The van der Waals surface area contributed by atoms with Gasteiger partial charge in [0.05, 0.1) is 4.92 Å². The molecular formula is C10H14BrN3O2. The number of alkyl halides is 1. The molecule has 0 bridgehead atoms. The van der Waals surface area contributed by atoms with Gasteiger partial charge in [0.25, 0.3) is 0 Å². The molecule has 2 atom stereocenters. The zero-order valence-electron chi connectivity index (χ0n) is 9.42. The number of nitro groups is 1. The van der Waals surface area contributed by atoms with Gasteiger partial charge in [0.1, 0.15) is 18.2 Å². The van der Waals surface area contributed by atoms with E-state index < -0.39 is 4.92 Å². The maximum Gasteiger partial charge on any atom is 0.305 e. The van der Waals surface area contributed by atoms with E-state index in [1.165, 1.54) is 12.4 Å². The lowest BCUT2D eigenvalue weighted by Crippen LogP contribution is -2.18. The minimum absolute atomic E-state index is 0.0755. The van der Waals surface area contributed by atoms with Gasteiger partial charge < -0.3 is 0 Å². The summed E-state index contributed by atoms with van der Waals surface area (Å²) < 4.78 is 0. The van der Waals surface area contributed by atoms with Crippen molar-refractivity contribution in [2.24, 2.45) is 5.92 Å². The summed E-state index contributed by atoms with van der Waals surface area (Å²) >= 11 is 3.51. The molecule has 0 aliphatic carbocycles. The zero-order valence-corrected chi connectivity index (χ0v) is 11.0. The van der Waals surface area contributed by atoms with Gasteiger partial charge in [-0.25, -0.2) is 9.97 Å². The molecule has 88 valence electrons. The number of rotatable bonds is 4. The van der Waals surface area contributed by atoms with Gasteiger partial charge in [0.2, 0.25) is 0 Å². The van der Waals surface area contributed by atoms with Gasteiger partial charge in [0, 0.05) is 10.7 Å². The maximum absolute atomic E-state index is 10.5. The van der Waals surface area contributed by atoms with Crippen LogP contribution in [0.25, 0.3) is 0 Å². The van der Waals surface area contributed by atoms with Gasteiger partial charge in [-0.15, -0.1) is 0 Å². The van der Waals surface area contributed by atoms with Crippen molar-refractivity contribution in [3.63, 3.8) is 0 Å². The zero-order chi connectivity index (χ0) is 12.3. The van der Waals surface area contributed by atoms with E-state index >= 15 is 0 Å². The van der Waals surface area contributed by atoms with Crippen LogP contribution in [-0.4, -0.2) is 19.7 Å². The van der Waals surface area contributed by atoms with Crippen molar-refractivity contribution in [1.29, 1.82) is 0 Å². The Morgan fingerprint density at radius 3 is 2.12 bits per heavy atom. The van der Waals surface area contributed by atoms with Crippen LogP contribution < -0.4 is 0 Å². The Morgan fingerprint density at radius 1 is 1.31 bits per heavy atom. The molecule has 6 heteroatoms. The summed E-state index contributed by atoms with van der Waals surface area (Å²) in [5.74, 6) is 1.17. The lowest BCUT2D eigenvalue weighted by atomic mass is 9.92. The normalized spacial score (nSPS) is 14.8. The summed E-state index contributed by atoms with van der Waals surface area (Å²) in [7, 11) is 0. The molecule has 0 aromatic carbocycles. The first kappa shape index (κ1) is 13.0. The average molecular weight is 288 g/mol. The molecule has 0 saturated heterocycles. The lowest BCUT2D eigenvalue weighted by molar-refractivity contribution is -0.385.